The Morgan fingerprint density at radius 3 is 2.37 bits per heavy atom. The molecular formula is C11H20N2O5S. The van der Waals surface area contributed by atoms with Crippen molar-refractivity contribution in [2.75, 3.05) is 18.1 Å². The minimum absolute atomic E-state index is 0.0949. The molecule has 0 bridgehead atoms. The van der Waals surface area contributed by atoms with Crippen molar-refractivity contribution in [3.63, 3.8) is 0 Å². The summed E-state index contributed by atoms with van der Waals surface area (Å²) in [6.45, 7) is 0.421. The number of hydrogen-bond acceptors (Lipinski definition) is 4. The molecule has 1 rings (SSSR count). The fraction of sp³-hybridized carbons (Fsp3) is 0.818. The van der Waals surface area contributed by atoms with E-state index in [1.165, 1.54) is 0 Å². The Morgan fingerprint density at radius 2 is 1.79 bits per heavy atom. The quantitative estimate of drug-likeness (QED) is 0.602. The molecule has 0 unspecified atom stereocenters. The lowest BCUT2D eigenvalue weighted by atomic mass is 10.2. The van der Waals surface area contributed by atoms with Crippen LogP contribution in [-0.4, -0.2) is 49.6 Å². The molecule has 0 radical (unpaired) electrons. The topological polar surface area (TPSA) is 113 Å². The molecule has 0 saturated carbocycles. The van der Waals surface area contributed by atoms with Crippen molar-refractivity contribution in [3.05, 3.63) is 0 Å². The molecular weight excluding hydrogens is 272 g/mol. The van der Waals surface area contributed by atoms with Gasteiger partial charge in [-0.05, 0) is 25.7 Å². The molecule has 1 saturated heterocycles. The lowest BCUT2D eigenvalue weighted by Gasteiger charge is -2.23. The van der Waals surface area contributed by atoms with E-state index in [4.69, 9.17) is 5.11 Å². The van der Waals surface area contributed by atoms with E-state index >= 15 is 0 Å². The molecule has 0 aromatic rings. The number of carbonyl (C=O) groups is 2. The average molecular weight is 292 g/mol. The van der Waals surface area contributed by atoms with E-state index in [0.717, 1.165) is 0 Å². The average Bonchev–Trinajstić information content (AvgIpc) is 2.31. The van der Waals surface area contributed by atoms with E-state index in [2.05, 4.69) is 10.6 Å². The van der Waals surface area contributed by atoms with E-state index in [-0.39, 0.29) is 30.0 Å². The van der Waals surface area contributed by atoms with Crippen LogP contribution in [0.5, 0.6) is 0 Å². The van der Waals surface area contributed by atoms with Gasteiger partial charge in [0.1, 0.15) is 9.84 Å². The molecule has 1 heterocycles. The molecule has 8 heteroatoms. The van der Waals surface area contributed by atoms with Gasteiger partial charge in [0.2, 0.25) is 0 Å². The maximum absolute atomic E-state index is 11.5. The van der Waals surface area contributed by atoms with Gasteiger partial charge in [0.25, 0.3) is 0 Å². The number of hydrogen-bond donors (Lipinski definition) is 3. The molecule has 0 atom stereocenters. The Bertz CT molecular complexity index is 407. The van der Waals surface area contributed by atoms with E-state index in [1.54, 1.807) is 0 Å². The van der Waals surface area contributed by atoms with Crippen molar-refractivity contribution >= 4 is 21.8 Å². The summed E-state index contributed by atoms with van der Waals surface area (Å²) in [6.07, 6.45) is 2.14. The Morgan fingerprint density at radius 1 is 1.16 bits per heavy atom. The zero-order valence-corrected chi connectivity index (χ0v) is 11.5. The molecule has 3 N–H and O–H groups in total. The van der Waals surface area contributed by atoms with Crippen molar-refractivity contribution in [1.29, 1.82) is 0 Å². The largest absolute Gasteiger partial charge is 0.481 e. The SMILES string of the molecule is O=C(O)CCCCNC(=O)NC1CCS(=O)(=O)CC1. The van der Waals surface area contributed by atoms with Gasteiger partial charge in [-0.25, -0.2) is 13.2 Å². The highest BCUT2D eigenvalue weighted by Gasteiger charge is 2.24. The molecule has 1 fully saturated rings. The number of sulfone groups is 1. The molecule has 2 amide bonds. The van der Waals surface area contributed by atoms with Crippen LogP contribution >= 0.6 is 0 Å². The third-order valence-corrected chi connectivity index (χ3v) is 4.71. The number of urea groups is 1. The number of unbranched alkanes of at least 4 members (excludes halogenated alkanes) is 1. The van der Waals surface area contributed by atoms with Gasteiger partial charge in [-0.3, -0.25) is 4.79 Å². The number of carboxylic acid groups (broad SMARTS) is 1. The first-order chi connectivity index (χ1) is 8.89. The molecule has 0 spiro atoms. The first kappa shape index (κ1) is 15.7. The maximum atomic E-state index is 11.5. The molecule has 19 heavy (non-hydrogen) atoms. The zero-order valence-electron chi connectivity index (χ0n) is 10.7. The van der Waals surface area contributed by atoms with Crippen LogP contribution in [0.4, 0.5) is 4.79 Å². The van der Waals surface area contributed by atoms with Crippen LogP contribution < -0.4 is 10.6 Å². The van der Waals surface area contributed by atoms with Crippen molar-refractivity contribution < 1.29 is 23.1 Å². The molecule has 0 aromatic carbocycles. The van der Waals surface area contributed by atoms with E-state index < -0.39 is 15.8 Å². The summed E-state index contributed by atoms with van der Waals surface area (Å²) in [7, 11) is -2.91. The fourth-order valence-electron chi connectivity index (χ4n) is 1.87. The van der Waals surface area contributed by atoms with Crippen LogP contribution in [0, 0.1) is 0 Å². The summed E-state index contributed by atoms with van der Waals surface area (Å²) in [6, 6.07) is -0.415. The van der Waals surface area contributed by atoms with Gasteiger partial charge in [-0.1, -0.05) is 0 Å². The summed E-state index contributed by atoms with van der Waals surface area (Å²) in [5, 5.41) is 13.8. The second-order valence-corrected chi connectivity index (χ2v) is 6.98. The highest BCUT2D eigenvalue weighted by atomic mass is 32.2. The third kappa shape index (κ3) is 7.00. The maximum Gasteiger partial charge on any atom is 0.315 e. The predicted molar refractivity (Wildman–Crippen MR) is 69.7 cm³/mol. The molecule has 110 valence electrons. The fourth-order valence-corrected chi connectivity index (χ4v) is 3.37. The van der Waals surface area contributed by atoms with Gasteiger partial charge in [0, 0.05) is 19.0 Å². The highest BCUT2D eigenvalue weighted by molar-refractivity contribution is 7.91. The predicted octanol–water partition coefficient (Wildman–Crippen LogP) is 0.118. The number of rotatable bonds is 6. The van der Waals surface area contributed by atoms with Crippen molar-refractivity contribution in [2.45, 2.75) is 38.1 Å². The summed E-state index contributed by atoms with van der Waals surface area (Å²) >= 11 is 0. The smallest absolute Gasteiger partial charge is 0.315 e. The van der Waals surface area contributed by atoms with E-state index in [9.17, 15) is 18.0 Å². The summed E-state index contributed by atoms with van der Waals surface area (Å²) in [5.41, 5.74) is 0. The van der Waals surface area contributed by atoms with Crippen LogP contribution in [-0.2, 0) is 14.6 Å². The third-order valence-electron chi connectivity index (χ3n) is 2.99. The molecule has 0 aromatic heterocycles. The second-order valence-electron chi connectivity index (χ2n) is 4.68. The molecule has 1 aliphatic heterocycles. The second kappa shape index (κ2) is 7.32. The number of nitrogens with one attached hydrogen (secondary N) is 2. The first-order valence-corrected chi connectivity index (χ1v) is 8.18. The number of amides is 2. The lowest BCUT2D eigenvalue weighted by molar-refractivity contribution is -0.137. The minimum atomic E-state index is -2.91. The standard InChI is InChI=1S/C11H20N2O5S/c14-10(15)3-1-2-6-12-11(16)13-9-4-7-19(17,18)8-5-9/h9H,1-8H2,(H,14,15)(H2,12,13,16). The monoisotopic (exact) mass is 292 g/mol. The summed E-state index contributed by atoms with van der Waals surface area (Å²) in [5.74, 6) is -0.597. The lowest BCUT2D eigenvalue weighted by Crippen LogP contribution is -2.45. The van der Waals surface area contributed by atoms with Crippen LogP contribution in [0.15, 0.2) is 0 Å². The van der Waals surface area contributed by atoms with Gasteiger partial charge < -0.3 is 15.7 Å². The van der Waals surface area contributed by atoms with Gasteiger partial charge >= 0.3 is 12.0 Å². The molecule has 7 nitrogen and oxygen atoms in total. The molecule has 1 aliphatic rings. The van der Waals surface area contributed by atoms with Crippen LogP contribution in [0.25, 0.3) is 0 Å². The van der Waals surface area contributed by atoms with Crippen LogP contribution in [0.2, 0.25) is 0 Å². The molecule has 0 aliphatic carbocycles. The van der Waals surface area contributed by atoms with E-state index in [0.29, 0.717) is 32.2 Å². The number of aliphatic carboxylic acids is 1. The number of carbonyl (C=O) groups excluding carboxylic acids is 1. The summed E-state index contributed by atoms with van der Waals surface area (Å²) in [4.78, 5) is 21.7. The van der Waals surface area contributed by atoms with Crippen molar-refractivity contribution in [2.24, 2.45) is 0 Å². The Balaban J connectivity index is 2.10. The number of carboxylic acids is 1. The normalized spacial score (nSPS) is 18.7. The first-order valence-electron chi connectivity index (χ1n) is 6.35. The van der Waals surface area contributed by atoms with Crippen LogP contribution in [0.3, 0.4) is 0 Å². The Labute approximate surface area is 112 Å². The van der Waals surface area contributed by atoms with Gasteiger partial charge in [-0.15, -0.1) is 0 Å². The van der Waals surface area contributed by atoms with Crippen molar-refractivity contribution in [3.8, 4) is 0 Å². The zero-order chi connectivity index (χ0) is 14.3. The minimum Gasteiger partial charge on any atom is -0.481 e. The Kier molecular flexibility index (Phi) is 6.07. The summed E-state index contributed by atoms with van der Waals surface area (Å²) < 4.78 is 22.4. The van der Waals surface area contributed by atoms with Crippen LogP contribution in [0.1, 0.15) is 32.1 Å². The van der Waals surface area contributed by atoms with Gasteiger partial charge in [0.15, 0.2) is 0 Å². The van der Waals surface area contributed by atoms with Gasteiger partial charge in [0.05, 0.1) is 11.5 Å². The van der Waals surface area contributed by atoms with Crippen molar-refractivity contribution in [1.82, 2.24) is 10.6 Å². The van der Waals surface area contributed by atoms with Gasteiger partial charge in [-0.2, -0.15) is 0 Å². The highest BCUT2D eigenvalue weighted by Crippen LogP contribution is 2.11. The Hall–Kier alpha value is -1.31. The van der Waals surface area contributed by atoms with E-state index in [1.807, 2.05) is 0 Å².